The molecule has 3 amide bonds. The summed E-state index contributed by atoms with van der Waals surface area (Å²) in [6.07, 6.45) is 4.81. The van der Waals surface area contributed by atoms with Crippen molar-refractivity contribution >= 4 is 34.9 Å². The van der Waals surface area contributed by atoms with Gasteiger partial charge in [0.25, 0.3) is 17.1 Å². The molecule has 0 unspecified atom stereocenters. The van der Waals surface area contributed by atoms with Crippen molar-refractivity contribution in [2.45, 2.75) is 0 Å². The SMILES string of the molecule is O=C(COc1cccc(F)c1)NCCN1C(=O)S/C(=C/c2cccnc2)C1=O. The first-order valence-corrected chi connectivity index (χ1v) is 9.15. The van der Waals surface area contributed by atoms with E-state index in [2.05, 4.69) is 10.3 Å². The fourth-order valence-corrected chi connectivity index (χ4v) is 3.23. The summed E-state index contributed by atoms with van der Waals surface area (Å²) in [5.41, 5.74) is 0.718. The highest BCUT2D eigenvalue weighted by atomic mass is 32.2. The van der Waals surface area contributed by atoms with Gasteiger partial charge in [-0.2, -0.15) is 0 Å². The Labute approximate surface area is 164 Å². The number of carbonyl (C=O) groups is 3. The van der Waals surface area contributed by atoms with Crippen LogP contribution in [0.3, 0.4) is 0 Å². The Kier molecular flexibility index (Phi) is 6.38. The summed E-state index contributed by atoms with van der Waals surface area (Å²) in [5.74, 6) is -1.08. The second-order valence-corrected chi connectivity index (χ2v) is 6.71. The van der Waals surface area contributed by atoms with Gasteiger partial charge < -0.3 is 10.1 Å². The van der Waals surface area contributed by atoms with Crippen LogP contribution in [-0.4, -0.2) is 46.6 Å². The number of nitrogens with one attached hydrogen (secondary N) is 1. The van der Waals surface area contributed by atoms with Crippen molar-refractivity contribution < 1.29 is 23.5 Å². The number of halogens is 1. The maximum absolute atomic E-state index is 13.0. The Morgan fingerprint density at radius 2 is 2.14 bits per heavy atom. The van der Waals surface area contributed by atoms with Crippen molar-refractivity contribution in [3.05, 3.63) is 65.1 Å². The van der Waals surface area contributed by atoms with Crippen molar-refractivity contribution in [2.24, 2.45) is 0 Å². The maximum Gasteiger partial charge on any atom is 0.293 e. The molecule has 28 heavy (non-hydrogen) atoms. The highest BCUT2D eigenvalue weighted by Gasteiger charge is 2.34. The predicted octanol–water partition coefficient (Wildman–Crippen LogP) is 2.45. The molecule has 2 heterocycles. The first-order valence-electron chi connectivity index (χ1n) is 8.33. The number of imide groups is 1. The fraction of sp³-hybridized carbons (Fsp3) is 0.158. The molecule has 3 rings (SSSR count). The van der Waals surface area contributed by atoms with Crippen LogP contribution in [0.2, 0.25) is 0 Å². The molecule has 0 atom stereocenters. The molecular weight excluding hydrogens is 385 g/mol. The lowest BCUT2D eigenvalue weighted by Crippen LogP contribution is -2.38. The van der Waals surface area contributed by atoms with Crippen LogP contribution < -0.4 is 10.1 Å². The van der Waals surface area contributed by atoms with Crippen LogP contribution in [0, 0.1) is 5.82 Å². The van der Waals surface area contributed by atoms with Gasteiger partial charge in [0.15, 0.2) is 6.61 Å². The largest absolute Gasteiger partial charge is 0.484 e. The zero-order valence-corrected chi connectivity index (χ0v) is 15.4. The highest BCUT2D eigenvalue weighted by molar-refractivity contribution is 8.18. The minimum Gasteiger partial charge on any atom is -0.484 e. The number of hydrogen-bond acceptors (Lipinski definition) is 6. The number of nitrogens with zero attached hydrogens (tertiary/aromatic N) is 2. The Morgan fingerprint density at radius 3 is 2.89 bits per heavy atom. The van der Waals surface area contributed by atoms with E-state index in [0.717, 1.165) is 22.2 Å². The van der Waals surface area contributed by atoms with E-state index in [1.165, 1.54) is 24.3 Å². The third kappa shape index (κ3) is 5.17. The number of thioether (sulfide) groups is 1. The number of aromatic nitrogens is 1. The Morgan fingerprint density at radius 1 is 1.29 bits per heavy atom. The normalized spacial score (nSPS) is 15.2. The van der Waals surface area contributed by atoms with Crippen molar-refractivity contribution in [3.63, 3.8) is 0 Å². The molecule has 1 aliphatic heterocycles. The van der Waals surface area contributed by atoms with Gasteiger partial charge >= 0.3 is 0 Å². The van der Waals surface area contributed by atoms with Crippen molar-refractivity contribution in [2.75, 3.05) is 19.7 Å². The predicted molar refractivity (Wildman–Crippen MR) is 102 cm³/mol. The van der Waals surface area contributed by atoms with E-state index in [0.29, 0.717) is 4.91 Å². The van der Waals surface area contributed by atoms with Crippen molar-refractivity contribution in [1.82, 2.24) is 15.2 Å². The van der Waals surface area contributed by atoms with Crippen LogP contribution in [0.4, 0.5) is 9.18 Å². The first kappa shape index (κ1) is 19.6. The number of benzene rings is 1. The van der Waals surface area contributed by atoms with Gasteiger partial charge in [-0.15, -0.1) is 0 Å². The van der Waals surface area contributed by atoms with E-state index in [1.54, 1.807) is 30.6 Å². The summed E-state index contributed by atoms with van der Waals surface area (Å²) in [6.45, 7) is -0.170. The van der Waals surface area contributed by atoms with E-state index >= 15 is 0 Å². The summed E-state index contributed by atoms with van der Waals surface area (Å²) >= 11 is 0.842. The van der Waals surface area contributed by atoms with Crippen molar-refractivity contribution in [3.8, 4) is 5.75 Å². The lowest BCUT2D eigenvalue weighted by molar-refractivity contribution is -0.125. The number of pyridine rings is 1. The number of hydrogen-bond donors (Lipinski definition) is 1. The molecule has 0 saturated carbocycles. The molecule has 1 aliphatic rings. The average Bonchev–Trinajstić information content (AvgIpc) is 2.94. The lowest BCUT2D eigenvalue weighted by atomic mass is 10.2. The smallest absolute Gasteiger partial charge is 0.293 e. The first-order chi connectivity index (χ1) is 13.5. The van der Waals surface area contributed by atoms with Gasteiger partial charge in [-0.25, -0.2) is 4.39 Å². The summed E-state index contributed by atoms with van der Waals surface area (Å²) < 4.78 is 18.2. The summed E-state index contributed by atoms with van der Waals surface area (Å²) in [5, 5.41) is 2.16. The zero-order valence-electron chi connectivity index (χ0n) is 14.6. The summed E-state index contributed by atoms with van der Waals surface area (Å²) in [4.78, 5) is 41.5. The number of rotatable bonds is 7. The molecule has 1 saturated heterocycles. The third-order valence-corrected chi connectivity index (χ3v) is 4.59. The molecule has 2 aromatic rings. The summed E-state index contributed by atoms with van der Waals surface area (Å²) in [6, 6.07) is 8.96. The average molecular weight is 401 g/mol. The van der Waals surface area contributed by atoms with Crippen LogP contribution in [0.15, 0.2) is 53.7 Å². The van der Waals surface area contributed by atoms with Crippen molar-refractivity contribution in [1.29, 1.82) is 0 Å². The molecule has 1 aromatic carbocycles. The quantitative estimate of drug-likeness (QED) is 0.717. The van der Waals surface area contributed by atoms with Crippen LogP contribution in [0.1, 0.15) is 5.56 Å². The van der Waals surface area contributed by atoms with Crippen LogP contribution in [0.5, 0.6) is 5.75 Å². The minimum atomic E-state index is -0.461. The second-order valence-electron chi connectivity index (χ2n) is 5.72. The van der Waals surface area contributed by atoms with Gasteiger partial charge in [0.2, 0.25) is 0 Å². The third-order valence-electron chi connectivity index (χ3n) is 3.68. The number of carbonyl (C=O) groups excluding carboxylic acids is 3. The van der Waals surface area contributed by atoms with Gasteiger partial charge in [-0.1, -0.05) is 12.1 Å². The van der Waals surface area contributed by atoms with E-state index in [4.69, 9.17) is 4.74 Å². The van der Waals surface area contributed by atoms with Gasteiger partial charge in [0.1, 0.15) is 11.6 Å². The number of amides is 3. The van der Waals surface area contributed by atoms with E-state index in [-0.39, 0.29) is 25.4 Å². The molecule has 1 aromatic heterocycles. The molecule has 0 bridgehead atoms. The summed E-state index contributed by atoms with van der Waals surface area (Å²) in [7, 11) is 0. The molecule has 0 radical (unpaired) electrons. The van der Waals surface area contributed by atoms with E-state index in [1.807, 2.05) is 0 Å². The minimum absolute atomic E-state index is 0.0424. The van der Waals surface area contributed by atoms with E-state index < -0.39 is 22.9 Å². The Balaban J connectivity index is 1.46. The van der Waals surface area contributed by atoms with E-state index in [9.17, 15) is 18.8 Å². The zero-order chi connectivity index (χ0) is 19.9. The topological polar surface area (TPSA) is 88.6 Å². The molecule has 7 nitrogen and oxygen atoms in total. The molecule has 1 N–H and O–H groups in total. The van der Waals surface area contributed by atoms with Gasteiger partial charge in [-0.05, 0) is 41.6 Å². The standard InChI is InChI=1S/C19H16FN3O4S/c20-14-4-1-5-15(10-14)27-12-17(24)22-7-8-23-18(25)16(28-19(23)26)9-13-3-2-6-21-11-13/h1-6,9-11H,7-8,12H2,(H,22,24)/b16-9+. The molecule has 144 valence electrons. The maximum atomic E-state index is 13.0. The molecule has 9 heteroatoms. The lowest BCUT2D eigenvalue weighted by Gasteiger charge is -2.13. The Hall–Kier alpha value is -3.20. The van der Waals surface area contributed by atoms with Gasteiger partial charge in [0, 0.05) is 31.5 Å². The van der Waals surface area contributed by atoms with Crippen LogP contribution >= 0.6 is 11.8 Å². The second kappa shape index (κ2) is 9.14. The monoisotopic (exact) mass is 401 g/mol. The van der Waals surface area contributed by atoms with Crippen LogP contribution in [0.25, 0.3) is 6.08 Å². The molecule has 1 fully saturated rings. The number of ether oxygens (including phenoxy) is 1. The Bertz CT molecular complexity index is 920. The highest BCUT2D eigenvalue weighted by Crippen LogP contribution is 2.31. The van der Waals surface area contributed by atoms with Gasteiger partial charge in [-0.3, -0.25) is 24.3 Å². The molecular formula is C19H16FN3O4S. The fourth-order valence-electron chi connectivity index (χ4n) is 2.37. The molecule has 0 spiro atoms. The van der Waals surface area contributed by atoms with Crippen LogP contribution in [-0.2, 0) is 9.59 Å². The van der Waals surface area contributed by atoms with Gasteiger partial charge in [0.05, 0.1) is 4.91 Å². The molecule has 0 aliphatic carbocycles.